The second-order valence-corrected chi connectivity index (χ2v) is 5.63. The molecule has 0 unspecified atom stereocenters. The lowest BCUT2D eigenvalue weighted by molar-refractivity contribution is -0.169. The first kappa shape index (κ1) is 16.2. The number of carbonyl (C=O) groups excluding carboxylic acids is 1. The van der Waals surface area contributed by atoms with E-state index in [1.165, 1.54) is 0 Å². The molecule has 4 nitrogen and oxygen atoms in total. The van der Waals surface area contributed by atoms with Gasteiger partial charge in [-0.25, -0.2) is 0 Å². The first-order chi connectivity index (χ1) is 8.61. The van der Waals surface area contributed by atoms with Crippen LogP contribution in [0, 0.1) is 5.92 Å². The standard InChI is InChI=1S/C12H21F3N2O2/c1-9(2)4-17(8-12(13,14)15)10(18)5-19-11(3)6-16-7-11/h9,16H,4-8H2,1-3H3. The van der Waals surface area contributed by atoms with Gasteiger partial charge in [-0.1, -0.05) is 13.8 Å². The molecular formula is C12H21F3N2O2. The van der Waals surface area contributed by atoms with Crippen LogP contribution in [0.15, 0.2) is 0 Å². The second kappa shape index (κ2) is 6.09. The maximum atomic E-state index is 12.4. The van der Waals surface area contributed by atoms with Crippen LogP contribution in [0.2, 0.25) is 0 Å². The molecule has 1 rings (SSSR count). The molecule has 0 radical (unpaired) electrons. The Hall–Kier alpha value is -0.820. The Morgan fingerprint density at radius 1 is 1.42 bits per heavy atom. The minimum Gasteiger partial charge on any atom is -0.363 e. The zero-order chi connectivity index (χ0) is 14.7. The summed E-state index contributed by atoms with van der Waals surface area (Å²) in [7, 11) is 0. The molecule has 1 amide bonds. The van der Waals surface area contributed by atoms with E-state index >= 15 is 0 Å². The molecular weight excluding hydrogens is 261 g/mol. The zero-order valence-corrected chi connectivity index (χ0v) is 11.5. The number of nitrogens with zero attached hydrogens (tertiary/aromatic N) is 1. The second-order valence-electron chi connectivity index (χ2n) is 5.63. The van der Waals surface area contributed by atoms with E-state index in [2.05, 4.69) is 5.32 Å². The third-order valence-corrected chi connectivity index (χ3v) is 2.85. The van der Waals surface area contributed by atoms with Crippen molar-refractivity contribution in [3.63, 3.8) is 0 Å². The molecule has 0 aromatic heterocycles. The summed E-state index contributed by atoms with van der Waals surface area (Å²) in [5.74, 6) is -0.633. The molecule has 0 saturated carbocycles. The van der Waals surface area contributed by atoms with E-state index in [0.717, 1.165) is 4.90 Å². The molecule has 1 fully saturated rings. The van der Waals surface area contributed by atoms with Crippen LogP contribution < -0.4 is 5.32 Å². The highest BCUT2D eigenvalue weighted by atomic mass is 19.4. The first-order valence-corrected chi connectivity index (χ1v) is 6.30. The number of amides is 1. The molecule has 19 heavy (non-hydrogen) atoms. The number of hydrogen-bond acceptors (Lipinski definition) is 3. The fourth-order valence-corrected chi connectivity index (χ4v) is 1.82. The molecule has 0 aliphatic carbocycles. The van der Waals surface area contributed by atoms with Gasteiger partial charge in [0.05, 0.1) is 5.60 Å². The van der Waals surface area contributed by atoms with Crippen molar-refractivity contribution in [2.45, 2.75) is 32.5 Å². The number of halogens is 3. The molecule has 1 N–H and O–H groups in total. The fourth-order valence-electron chi connectivity index (χ4n) is 1.82. The van der Waals surface area contributed by atoms with Gasteiger partial charge in [-0.15, -0.1) is 0 Å². The topological polar surface area (TPSA) is 41.6 Å². The number of rotatable bonds is 6. The molecule has 1 aliphatic heterocycles. The average Bonchev–Trinajstić information content (AvgIpc) is 2.19. The third-order valence-electron chi connectivity index (χ3n) is 2.85. The van der Waals surface area contributed by atoms with Gasteiger partial charge in [0.15, 0.2) is 0 Å². The molecule has 112 valence electrons. The van der Waals surface area contributed by atoms with Crippen LogP contribution in [0.1, 0.15) is 20.8 Å². The predicted octanol–water partition coefficient (Wildman–Crippen LogP) is 1.41. The molecule has 0 atom stereocenters. The van der Waals surface area contributed by atoms with Crippen molar-refractivity contribution in [1.29, 1.82) is 0 Å². The summed E-state index contributed by atoms with van der Waals surface area (Å²) in [4.78, 5) is 12.6. The van der Waals surface area contributed by atoms with E-state index in [4.69, 9.17) is 4.74 Å². The number of ether oxygens (including phenoxy) is 1. The Labute approximate surface area is 111 Å². The summed E-state index contributed by atoms with van der Waals surface area (Å²) in [6, 6.07) is 0. The van der Waals surface area contributed by atoms with E-state index in [9.17, 15) is 18.0 Å². The van der Waals surface area contributed by atoms with Crippen molar-refractivity contribution >= 4 is 5.91 Å². The number of carbonyl (C=O) groups is 1. The maximum Gasteiger partial charge on any atom is 0.406 e. The summed E-state index contributed by atoms with van der Waals surface area (Å²) in [6.45, 7) is 5.16. The van der Waals surface area contributed by atoms with Gasteiger partial charge in [0.2, 0.25) is 5.91 Å². The summed E-state index contributed by atoms with van der Waals surface area (Å²) in [6.07, 6.45) is -4.38. The van der Waals surface area contributed by atoms with Gasteiger partial charge in [-0.3, -0.25) is 4.79 Å². The minimum absolute atomic E-state index is 0.0211. The first-order valence-electron chi connectivity index (χ1n) is 6.30. The van der Waals surface area contributed by atoms with Crippen molar-refractivity contribution in [2.75, 3.05) is 32.8 Å². The quantitative estimate of drug-likeness (QED) is 0.801. The molecule has 1 heterocycles. The van der Waals surface area contributed by atoms with Gasteiger partial charge >= 0.3 is 6.18 Å². The number of hydrogen-bond donors (Lipinski definition) is 1. The van der Waals surface area contributed by atoms with E-state index in [1.807, 2.05) is 6.92 Å². The minimum atomic E-state index is -4.38. The van der Waals surface area contributed by atoms with Crippen LogP contribution in [0.25, 0.3) is 0 Å². The molecule has 0 aromatic carbocycles. The van der Waals surface area contributed by atoms with Gasteiger partial charge in [0, 0.05) is 19.6 Å². The van der Waals surface area contributed by atoms with Crippen LogP contribution in [0.3, 0.4) is 0 Å². The van der Waals surface area contributed by atoms with E-state index in [0.29, 0.717) is 13.1 Å². The van der Waals surface area contributed by atoms with Crippen molar-refractivity contribution in [3.8, 4) is 0 Å². The summed E-state index contributed by atoms with van der Waals surface area (Å²) in [5, 5.41) is 3.00. The monoisotopic (exact) mass is 282 g/mol. The van der Waals surface area contributed by atoms with Gasteiger partial charge in [0.1, 0.15) is 13.2 Å². The lowest BCUT2D eigenvalue weighted by Crippen LogP contribution is -2.60. The summed E-state index contributed by atoms with van der Waals surface area (Å²) in [5.41, 5.74) is -0.433. The Morgan fingerprint density at radius 2 is 2.00 bits per heavy atom. The SMILES string of the molecule is CC(C)CN(CC(F)(F)F)C(=O)COC1(C)CNC1. The van der Waals surface area contributed by atoms with Crippen LogP contribution >= 0.6 is 0 Å². The Kier molecular flexibility index (Phi) is 5.20. The Bertz CT molecular complexity index is 315. The highest BCUT2D eigenvalue weighted by Gasteiger charge is 2.36. The number of alkyl halides is 3. The maximum absolute atomic E-state index is 12.4. The smallest absolute Gasteiger partial charge is 0.363 e. The highest BCUT2D eigenvalue weighted by molar-refractivity contribution is 5.77. The summed E-state index contributed by atoms with van der Waals surface area (Å²) < 4.78 is 42.7. The third kappa shape index (κ3) is 5.78. The van der Waals surface area contributed by atoms with E-state index in [1.54, 1.807) is 13.8 Å². The van der Waals surface area contributed by atoms with E-state index in [-0.39, 0.29) is 19.1 Å². The van der Waals surface area contributed by atoms with Gasteiger partial charge in [0.25, 0.3) is 0 Å². The van der Waals surface area contributed by atoms with E-state index < -0.39 is 24.2 Å². The Morgan fingerprint density at radius 3 is 2.37 bits per heavy atom. The van der Waals surface area contributed by atoms with Crippen molar-refractivity contribution in [1.82, 2.24) is 10.2 Å². The molecule has 0 aromatic rings. The molecule has 0 bridgehead atoms. The lowest BCUT2D eigenvalue weighted by atomic mass is 10.0. The van der Waals surface area contributed by atoms with Crippen molar-refractivity contribution in [3.05, 3.63) is 0 Å². The normalized spacial score (nSPS) is 18.3. The molecule has 7 heteroatoms. The van der Waals surface area contributed by atoms with Crippen LogP contribution in [-0.4, -0.2) is 55.4 Å². The van der Waals surface area contributed by atoms with Crippen molar-refractivity contribution < 1.29 is 22.7 Å². The average molecular weight is 282 g/mol. The van der Waals surface area contributed by atoms with Crippen LogP contribution in [0.4, 0.5) is 13.2 Å². The van der Waals surface area contributed by atoms with Crippen LogP contribution in [-0.2, 0) is 9.53 Å². The lowest BCUT2D eigenvalue weighted by Gasteiger charge is -2.39. The number of nitrogens with one attached hydrogen (secondary N) is 1. The van der Waals surface area contributed by atoms with Gasteiger partial charge in [-0.05, 0) is 12.8 Å². The molecule has 1 aliphatic rings. The van der Waals surface area contributed by atoms with Crippen molar-refractivity contribution in [2.24, 2.45) is 5.92 Å². The summed E-state index contributed by atoms with van der Waals surface area (Å²) >= 11 is 0. The predicted molar refractivity (Wildman–Crippen MR) is 64.7 cm³/mol. The Balaban J connectivity index is 2.50. The molecule has 1 saturated heterocycles. The highest BCUT2D eigenvalue weighted by Crippen LogP contribution is 2.19. The van der Waals surface area contributed by atoms with Gasteiger partial charge < -0.3 is 15.0 Å². The van der Waals surface area contributed by atoms with Crippen LogP contribution in [0.5, 0.6) is 0 Å². The fraction of sp³-hybridized carbons (Fsp3) is 0.917. The molecule has 0 spiro atoms. The van der Waals surface area contributed by atoms with Gasteiger partial charge in [-0.2, -0.15) is 13.2 Å². The zero-order valence-electron chi connectivity index (χ0n) is 11.5. The largest absolute Gasteiger partial charge is 0.406 e.